The van der Waals surface area contributed by atoms with Crippen LogP contribution in [-0.2, 0) is 12.8 Å². The van der Waals surface area contributed by atoms with E-state index in [1.165, 1.54) is 29.0 Å². The first-order chi connectivity index (χ1) is 11.0. The van der Waals surface area contributed by atoms with E-state index < -0.39 is 6.61 Å². The number of anilines is 1. The van der Waals surface area contributed by atoms with Gasteiger partial charge in [-0.1, -0.05) is 6.92 Å². The Bertz CT molecular complexity index is 697. The summed E-state index contributed by atoms with van der Waals surface area (Å²) in [6, 6.07) is 7.88. The van der Waals surface area contributed by atoms with Crippen molar-refractivity contribution < 1.29 is 18.3 Å². The molecular weight excluding hydrogens is 320 g/mol. The molecule has 6 heteroatoms. The second-order valence-electron chi connectivity index (χ2n) is 5.76. The number of nitrogens with one attached hydrogen (secondary N) is 1. The molecule has 1 unspecified atom stereocenters. The molecule has 122 valence electrons. The fourth-order valence-electron chi connectivity index (χ4n) is 2.73. The van der Waals surface area contributed by atoms with Crippen LogP contribution >= 0.6 is 11.3 Å². The Kier molecular flexibility index (Phi) is 4.61. The molecule has 0 saturated heterocycles. The maximum Gasteiger partial charge on any atom is 0.387 e. The number of hydrogen-bond acceptors (Lipinski definition) is 3. The number of carbonyl (C=O) groups is 1. The second kappa shape index (κ2) is 6.66. The number of fused-ring (bicyclic) bond motifs is 1. The van der Waals surface area contributed by atoms with E-state index in [1.54, 1.807) is 23.5 Å². The second-order valence-corrected chi connectivity index (χ2v) is 6.90. The van der Waals surface area contributed by atoms with E-state index in [0.29, 0.717) is 16.5 Å². The molecule has 0 spiro atoms. The summed E-state index contributed by atoms with van der Waals surface area (Å²) in [7, 11) is 0. The van der Waals surface area contributed by atoms with Crippen molar-refractivity contribution in [1.29, 1.82) is 0 Å². The number of ether oxygens (including phenoxy) is 1. The monoisotopic (exact) mass is 337 g/mol. The Labute approximate surface area is 137 Å². The Hall–Kier alpha value is -1.95. The average Bonchev–Trinajstić information content (AvgIpc) is 2.92. The van der Waals surface area contributed by atoms with Gasteiger partial charge in [0.05, 0.1) is 4.88 Å². The molecule has 3 rings (SSSR count). The minimum Gasteiger partial charge on any atom is -0.435 e. The molecule has 0 aliphatic heterocycles. The lowest BCUT2D eigenvalue weighted by molar-refractivity contribution is -0.0498. The quantitative estimate of drug-likeness (QED) is 0.876. The summed E-state index contributed by atoms with van der Waals surface area (Å²) in [4.78, 5) is 14.3. The van der Waals surface area contributed by atoms with Gasteiger partial charge in [-0.3, -0.25) is 4.79 Å². The first-order valence-electron chi connectivity index (χ1n) is 7.49. The van der Waals surface area contributed by atoms with Crippen LogP contribution in [0.2, 0.25) is 0 Å². The Balaban J connectivity index is 1.67. The van der Waals surface area contributed by atoms with Crippen LogP contribution < -0.4 is 10.1 Å². The molecule has 1 heterocycles. The van der Waals surface area contributed by atoms with Gasteiger partial charge in [-0.05, 0) is 61.1 Å². The number of thiophene rings is 1. The molecule has 1 aliphatic carbocycles. The van der Waals surface area contributed by atoms with Crippen LogP contribution in [0.1, 0.15) is 33.5 Å². The van der Waals surface area contributed by atoms with E-state index in [2.05, 4.69) is 17.0 Å². The number of aryl methyl sites for hydroxylation is 1. The molecule has 0 radical (unpaired) electrons. The number of alkyl halides is 2. The van der Waals surface area contributed by atoms with E-state index >= 15 is 0 Å². The number of carbonyl (C=O) groups excluding carboxylic acids is 1. The highest BCUT2D eigenvalue weighted by Gasteiger charge is 2.20. The van der Waals surface area contributed by atoms with Crippen LogP contribution in [0.5, 0.6) is 5.75 Å². The number of hydrogen-bond donors (Lipinski definition) is 1. The average molecular weight is 337 g/mol. The van der Waals surface area contributed by atoms with Crippen LogP contribution in [0.25, 0.3) is 0 Å². The standard InChI is InChI=1S/C17H17F2NO2S/c1-10-2-7-14-11(8-10)9-15(23-14)16(21)20-12-3-5-13(6-4-12)22-17(18)19/h3-6,9-10,17H,2,7-8H2,1H3,(H,20,21). The molecule has 0 bridgehead atoms. The lowest BCUT2D eigenvalue weighted by atomic mass is 9.90. The van der Waals surface area contributed by atoms with Crippen LogP contribution in [0.4, 0.5) is 14.5 Å². The molecule has 1 N–H and O–H groups in total. The van der Waals surface area contributed by atoms with Crippen LogP contribution in [-0.4, -0.2) is 12.5 Å². The van der Waals surface area contributed by atoms with Crippen molar-refractivity contribution in [2.45, 2.75) is 32.8 Å². The molecule has 1 aromatic carbocycles. The predicted molar refractivity (Wildman–Crippen MR) is 86.5 cm³/mol. The van der Waals surface area contributed by atoms with Crippen LogP contribution in [0.15, 0.2) is 30.3 Å². The highest BCUT2D eigenvalue weighted by molar-refractivity contribution is 7.14. The van der Waals surface area contributed by atoms with Gasteiger partial charge >= 0.3 is 6.61 Å². The van der Waals surface area contributed by atoms with Gasteiger partial charge < -0.3 is 10.1 Å². The summed E-state index contributed by atoms with van der Waals surface area (Å²) in [5, 5.41) is 2.79. The first kappa shape index (κ1) is 15.9. The van der Waals surface area contributed by atoms with Crippen molar-refractivity contribution in [3.05, 3.63) is 45.6 Å². The maximum atomic E-state index is 12.3. The van der Waals surface area contributed by atoms with Gasteiger partial charge in [0.1, 0.15) is 5.75 Å². The molecule has 0 saturated carbocycles. The van der Waals surface area contributed by atoms with Gasteiger partial charge in [0, 0.05) is 10.6 Å². The molecule has 1 amide bonds. The summed E-state index contributed by atoms with van der Waals surface area (Å²) >= 11 is 1.54. The number of halogens is 2. The van der Waals surface area contributed by atoms with E-state index in [1.807, 2.05) is 6.07 Å². The predicted octanol–water partition coefficient (Wildman–Crippen LogP) is 4.73. The number of benzene rings is 1. The van der Waals surface area contributed by atoms with Crippen LogP contribution in [0, 0.1) is 5.92 Å². The van der Waals surface area contributed by atoms with Gasteiger partial charge in [0.15, 0.2) is 0 Å². The van der Waals surface area contributed by atoms with E-state index in [0.717, 1.165) is 12.8 Å². The van der Waals surface area contributed by atoms with Gasteiger partial charge in [-0.2, -0.15) is 8.78 Å². The number of amides is 1. The van der Waals surface area contributed by atoms with Crippen molar-refractivity contribution in [3.63, 3.8) is 0 Å². The molecule has 1 atom stereocenters. The fraction of sp³-hybridized carbons (Fsp3) is 0.353. The lowest BCUT2D eigenvalue weighted by Crippen LogP contribution is -2.10. The zero-order chi connectivity index (χ0) is 16.4. The third-order valence-corrected chi connectivity index (χ3v) is 5.13. The fourth-order valence-corrected chi connectivity index (χ4v) is 3.83. The molecule has 3 nitrogen and oxygen atoms in total. The SMILES string of the molecule is CC1CCc2sc(C(=O)Nc3ccc(OC(F)F)cc3)cc2C1. The van der Waals surface area contributed by atoms with Crippen molar-refractivity contribution >= 4 is 22.9 Å². The minimum atomic E-state index is -2.85. The maximum absolute atomic E-state index is 12.3. The molecular formula is C17H17F2NO2S. The van der Waals surface area contributed by atoms with Crippen LogP contribution in [0.3, 0.4) is 0 Å². The highest BCUT2D eigenvalue weighted by atomic mass is 32.1. The van der Waals surface area contributed by atoms with Crippen molar-refractivity contribution in [1.82, 2.24) is 0 Å². The normalized spacial score (nSPS) is 17.0. The molecule has 2 aromatic rings. The van der Waals surface area contributed by atoms with Gasteiger partial charge in [-0.15, -0.1) is 11.3 Å². The molecule has 1 aromatic heterocycles. The van der Waals surface area contributed by atoms with E-state index in [4.69, 9.17) is 0 Å². The highest BCUT2D eigenvalue weighted by Crippen LogP contribution is 2.32. The summed E-state index contributed by atoms with van der Waals surface area (Å²) in [5.41, 5.74) is 1.83. The Morgan fingerprint density at radius 3 is 2.78 bits per heavy atom. The Morgan fingerprint density at radius 1 is 1.35 bits per heavy atom. The zero-order valence-electron chi connectivity index (χ0n) is 12.6. The molecule has 1 aliphatic rings. The molecule has 23 heavy (non-hydrogen) atoms. The third-order valence-electron chi connectivity index (χ3n) is 3.89. The van der Waals surface area contributed by atoms with E-state index in [-0.39, 0.29) is 11.7 Å². The lowest BCUT2D eigenvalue weighted by Gasteiger charge is -2.16. The summed E-state index contributed by atoms with van der Waals surface area (Å²) < 4.78 is 28.5. The van der Waals surface area contributed by atoms with E-state index in [9.17, 15) is 13.6 Å². The summed E-state index contributed by atoms with van der Waals surface area (Å²) in [6.07, 6.45) is 3.23. The zero-order valence-corrected chi connectivity index (χ0v) is 13.5. The van der Waals surface area contributed by atoms with Gasteiger partial charge in [0.25, 0.3) is 5.91 Å². The summed E-state index contributed by atoms with van der Waals surface area (Å²) in [5.74, 6) is 0.563. The minimum absolute atomic E-state index is 0.0681. The van der Waals surface area contributed by atoms with Crippen molar-refractivity contribution in [2.24, 2.45) is 5.92 Å². The smallest absolute Gasteiger partial charge is 0.387 e. The first-order valence-corrected chi connectivity index (χ1v) is 8.30. The number of rotatable bonds is 4. The summed E-state index contributed by atoms with van der Waals surface area (Å²) in [6.45, 7) is -0.626. The Morgan fingerprint density at radius 2 is 2.09 bits per heavy atom. The van der Waals surface area contributed by atoms with Crippen molar-refractivity contribution in [2.75, 3.05) is 5.32 Å². The van der Waals surface area contributed by atoms with Gasteiger partial charge in [-0.25, -0.2) is 0 Å². The largest absolute Gasteiger partial charge is 0.435 e. The van der Waals surface area contributed by atoms with Gasteiger partial charge in [0.2, 0.25) is 0 Å². The molecule has 0 fully saturated rings. The van der Waals surface area contributed by atoms with Crippen molar-refractivity contribution in [3.8, 4) is 5.75 Å². The third kappa shape index (κ3) is 3.88. The topological polar surface area (TPSA) is 38.3 Å².